The lowest BCUT2D eigenvalue weighted by atomic mass is 10.1. The number of amides is 1. The quantitative estimate of drug-likeness (QED) is 0.687. The normalized spacial score (nSPS) is 16.5. The van der Waals surface area contributed by atoms with Crippen molar-refractivity contribution < 1.29 is 4.79 Å². The van der Waals surface area contributed by atoms with E-state index in [-0.39, 0.29) is 5.91 Å². The predicted molar refractivity (Wildman–Crippen MR) is 60.9 cm³/mol. The molecule has 1 amide bonds. The van der Waals surface area contributed by atoms with E-state index in [2.05, 4.69) is 0 Å². The fraction of sp³-hybridized carbons (Fsp3) is 0.462. The predicted octanol–water partition coefficient (Wildman–Crippen LogP) is 2.62. The number of rotatable bonds is 1. The second-order valence-corrected chi connectivity index (χ2v) is 4.22. The van der Waals surface area contributed by atoms with E-state index in [1.165, 1.54) is 12.0 Å². The minimum Gasteiger partial charge on any atom is -0.339 e. The maximum absolute atomic E-state index is 12.0. The van der Waals surface area contributed by atoms with Crippen molar-refractivity contribution in [1.29, 1.82) is 0 Å². The topological polar surface area (TPSA) is 20.3 Å². The molecule has 0 saturated carbocycles. The molecule has 0 atom stereocenters. The van der Waals surface area contributed by atoms with E-state index in [0.717, 1.165) is 31.5 Å². The standard InChI is InChI=1S/C13H17NO/c1-11-5-7-12(8-6-11)13(15)14-9-3-2-4-10-14/h5-8H,2-4,9-10H2,1H3. The number of hydrogen-bond acceptors (Lipinski definition) is 1. The van der Waals surface area contributed by atoms with Crippen LogP contribution in [0.15, 0.2) is 24.3 Å². The lowest BCUT2D eigenvalue weighted by molar-refractivity contribution is 0.0724. The molecule has 0 N–H and O–H groups in total. The van der Waals surface area contributed by atoms with E-state index < -0.39 is 0 Å². The average molecular weight is 203 g/mol. The summed E-state index contributed by atoms with van der Waals surface area (Å²) in [5.74, 6) is 0.190. The molecule has 0 bridgehead atoms. The van der Waals surface area contributed by atoms with Gasteiger partial charge in [-0.05, 0) is 38.3 Å². The van der Waals surface area contributed by atoms with Crippen LogP contribution in [0.25, 0.3) is 0 Å². The summed E-state index contributed by atoms with van der Waals surface area (Å²) in [7, 11) is 0. The van der Waals surface area contributed by atoms with Crippen LogP contribution in [0, 0.1) is 6.92 Å². The third-order valence-corrected chi connectivity index (χ3v) is 2.94. The Morgan fingerprint density at radius 2 is 1.67 bits per heavy atom. The number of benzene rings is 1. The first-order chi connectivity index (χ1) is 7.27. The van der Waals surface area contributed by atoms with E-state index in [9.17, 15) is 4.79 Å². The first-order valence-electron chi connectivity index (χ1n) is 5.63. The van der Waals surface area contributed by atoms with Crippen molar-refractivity contribution >= 4 is 5.91 Å². The van der Waals surface area contributed by atoms with Crippen LogP contribution >= 0.6 is 0 Å². The van der Waals surface area contributed by atoms with Crippen molar-refractivity contribution in [2.45, 2.75) is 26.2 Å². The van der Waals surface area contributed by atoms with Crippen LogP contribution in [0.2, 0.25) is 0 Å². The number of aryl methyl sites for hydroxylation is 1. The fourth-order valence-corrected chi connectivity index (χ4v) is 1.98. The van der Waals surface area contributed by atoms with Gasteiger partial charge >= 0.3 is 0 Å². The molecule has 0 spiro atoms. The summed E-state index contributed by atoms with van der Waals surface area (Å²) in [6, 6.07) is 7.84. The third kappa shape index (κ3) is 2.38. The molecule has 1 aromatic carbocycles. The molecule has 2 heteroatoms. The average Bonchev–Trinajstić information content (AvgIpc) is 2.30. The van der Waals surface area contributed by atoms with Gasteiger partial charge in [-0.15, -0.1) is 0 Å². The van der Waals surface area contributed by atoms with Gasteiger partial charge in [-0.25, -0.2) is 0 Å². The van der Waals surface area contributed by atoms with Crippen molar-refractivity contribution in [3.63, 3.8) is 0 Å². The van der Waals surface area contributed by atoms with Crippen LogP contribution in [0.1, 0.15) is 35.2 Å². The van der Waals surface area contributed by atoms with Crippen LogP contribution in [-0.4, -0.2) is 23.9 Å². The molecule has 80 valence electrons. The number of likely N-dealkylation sites (tertiary alicyclic amines) is 1. The van der Waals surface area contributed by atoms with Gasteiger partial charge in [0, 0.05) is 18.7 Å². The highest BCUT2D eigenvalue weighted by Gasteiger charge is 2.17. The van der Waals surface area contributed by atoms with Crippen molar-refractivity contribution in [3.8, 4) is 0 Å². The minimum atomic E-state index is 0.190. The van der Waals surface area contributed by atoms with Crippen molar-refractivity contribution in [2.24, 2.45) is 0 Å². The number of piperidine rings is 1. The van der Waals surface area contributed by atoms with Crippen LogP contribution in [-0.2, 0) is 0 Å². The van der Waals surface area contributed by atoms with Crippen molar-refractivity contribution in [3.05, 3.63) is 35.4 Å². The number of carbonyl (C=O) groups is 1. The molecule has 1 fully saturated rings. The van der Waals surface area contributed by atoms with Crippen LogP contribution in [0.5, 0.6) is 0 Å². The van der Waals surface area contributed by atoms with Crippen molar-refractivity contribution in [2.75, 3.05) is 13.1 Å². The van der Waals surface area contributed by atoms with Crippen molar-refractivity contribution in [1.82, 2.24) is 4.90 Å². The Balaban J connectivity index is 2.09. The number of nitrogens with zero attached hydrogens (tertiary/aromatic N) is 1. The first-order valence-corrected chi connectivity index (χ1v) is 5.63. The van der Waals surface area contributed by atoms with Gasteiger partial charge in [-0.3, -0.25) is 4.79 Å². The van der Waals surface area contributed by atoms with Crippen LogP contribution in [0.3, 0.4) is 0 Å². The van der Waals surface area contributed by atoms with E-state index in [1.807, 2.05) is 36.1 Å². The molecule has 0 aromatic heterocycles. The lowest BCUT2D eigenvalue weighted by Gasteiger charge is -2.26. The largest absolute Gasteiger partial charge is 0.339 e. The second-order valence-electron chi connectivity index (χ2n) is 4.22. The van der Waals surface area contributed by atoms with Gasteiger partial charge in [0.1, 0.15) is 0 Å². The Bertz CT molecular complexity index is 336. The molecule has 1 aliphatic rings. The molecule has 1 aromatic rings. The van der Waals surface area contributed by atoms with E-state index in [1.54, 1.807) is 0 Å². The highest BCUT2D eigenvalue weighted by atomic mass is 16.2. The summed E-state index contributed by atoms with van der Waals surface area (Å²) in [6.45, 7) is 3.88. The first kappa shape index (κ1) is 10.2. The molecule has 2 nitrogen and oxygen atoms in total. The highest BCUT2D eigenvalue weighted by molar-refractivity contribution is 5.94. The Morgan fingerprint density at radius 3 is 2.27 bits per heavy atom. The molecule has 0 radical (unpaired) electrons. The fourth-order valence-electron chi connectivity index (χ4n) is 1.98. The van der Waals surface area contributed by atoms with Gasteiger partial charge < -0.3 is 4.90 Å². The second kappa shape index (κ2) is 4.47. The summed E-state index contributed by atoms with van der Waals surface area (Å²) >= 11 is 0. The smallest absolute Gasteiger partial charge is 0.253 e. The van der Waals surface area contributed by atoms with E-state index in [4.69, 9.17) is 0 Å². The Kier molecular flexibility index (Phi) is 3.05. The zero-order valence-corrected chi connectivity index (χ0v) is 9.20. The van der Waals surface area contributed by atoms with Gasteiger partial charge in [-0.2, -0.15) is 0 Å². The minimum absolute atomic E-state index is 0.190. The highest BCUT2D eigenvalue weighted by Crippen LogP contribution is 2.13. The van der Waals surface area contributed by atoms with E-state index in [0.29, 0.717) is 0 Å². The van der Waals surface area contributed by atoms with Gasteiger partial charge in [0.15, 0.2) is 0 Å². The zero-order chi connectivity index (χ0) is 10.7. The summed E-state index contributed by atoms with van der Waals surface area (Å²) in [5.41, 5.74) is 2.02. The van der Waals surface area contributed by atoms with Crippen LogP contribution in [0.4, 0.5) is 0 Å². The van der Waals surface area contributed by atoms with Gasteiger partial charge in [0.2, 0.25) is 0 Å². The molecule has 1 saturated heterocycles. The Labute approximate surface area is 90.9 Å². The lowest BCUT2D eigenvalue weighted by Crippen LogP contribution is -2.35. The molecule has 2 rings (SSSR count). The monoisotopic (exact) mass is 203 g/mol. The zero-order valence-electron chi connectivity index (χ0n) is 9.20. The molecule has 1 aliphatic heterocycles. The maximum Gasteiger partial charge on any atom is 0.253 e. The van der Waals surface area contributed by atoms with Crippen LogP contribution < -0.4 is 0 Å². The van der Waals surface area contributed by atoms with E-state index >= 15 is 0 Å². The third-order valence-electron chi connectivity index (χ3n) is 2.94. The summed E-state index contributed by atoms with van der Waals surface area (Å²) in [5, 5.41) is 0. The molecule has 15 heavy (non-hydrogen) atoms. The molecule has 0 unspecified atom stereocenters. The van der Waals surface area contributed by atoms with Gasteiger partial charge in [0.25, 0.3) is 5.91 Å². The number of carbonyl (C=O) groups excluding carboxylic acids is 1. The Hall–Kier alpha value is -1.31. The van der Waals surface area contributed by atoms with Gasteiger partial charge in [-0.1, -0.05) is 17.7 Å². The Morgan fingerprint density at radius 1 is 1.07 bits per heavy atom. The molecule has 0 aliphatic carbocycles. The molecular weight excluding hydrogens is 186 g/mol. The maximum atomic E-state index is 12.0. The summed E-state index contributed by atoms with van der Waals surface area (Å²) < 4.78 is 0. The summed E-state index contributed by atoms with van der Waals surface area (Å²) in [6.07, 6.45) is 3.56. The SMILES string of the molecule is Cc1ccc(C(=O)N2CCCCC2)cc1. The summed E-state index contributed by atoms with van der Waals surface area (Å²) in [4.78, 5) is 14.0. The molecular formula is C13H17NO. The number of hydrogen-bond donors (Lipinski definition) is 0. The molecule has 1 heterocycles. The van der Waals surface area contributed by atoms with Gasteiger partial charge in [0.05, 0.1) is 0 Å².